The molecule has 0 spiro atoms. The number of hydrogen-bond donors (Lipinski definition) is 2. The SMILES string of the molecule is Cc1nc2ccc(NC(=O)C(=O)N[C@H]3CCC[C@@H](C(F)(F)F)C3)cc2o1. The number of fused-ring (bicyclic) bond motifs is 1. The van der Waals surface area contributed by atoms with Crippen molar-refractivity contribution in [3.63, 3.8) is 0 Å². The van der Waals surface area contributed by atoms with E-state index < -0.39 is 30.0 Å². The fraction of sp³-hybridized carbons (Fsp3) is 0.471. The molecule has 2 aromatic rings. The summed E-state index contributed by atoms with van der Waals surface area (Å²) < 4.78 is 43.8. The lowest BCUT2D eigenvalue weighted by Crippen LogP contribution is -2.45. The van der Waals surface area contributed by atoms with E-state index in [2.05, 4.69) is 15.6 Å². The van der Waals surface area contributed by atoms with Crippen molar-refractivity contribution in [2.75, 3.05) is 5.32 Å². The number of oxazole rings is 1. The summed E-state index contributed by atoms with van der Waals surface area (Å²) in [6.07, 6.45) is -3.64. The van der Waals surface area contributed by atoms with Gasteiger partial charge in [-0.2, -0.15) is 13.2 Å². The molecule has 0 unspecified atom stereocenters. The van der Waals surface area contributed by atoms with E-state index in [-0.39, 0.29) is 12.8 Å². The summed E-state index contributed by atoms with van der Waals surface area (Å²) in [7, 11) is 0. The maximum Gasteiger partial charge on any atom is 0.391 e. The van der Waals surface area contributed by atoms with Gasteiger partial charge in [0, 0.05) is 24.7 Å². The first-order chi connectivity index (χ1) is 12.2. The van der Waals surface area contributed by atoms with Gasteiger partial charge < -0.3 is 15.1 Å². The third-order valence-corrected chi connectivity index (χ3v) is 4.43. The number of alkyl halides is 3. The van der Waals surface area contributed by atoms with Gasteiger partial charge >= 0.3 is 18.0 Å². The number of rotatable bonds is 2. The molecule has 3 rings (SSSR count). The Balaban J connectivity index is 1.59. The first-order valence-electron chi connectivity index (χ1n) is 8.28. The summed E-state index contributed by atoms with van der Waals surface area (Å²) >= 11 is 0. The van der Waals surface area contributed by atoms with Crippen LogP contribution < -0.4 is 10.6 Å². The molecule has 0 aliphatic heterocycles. The minimum Gasteiger partial charge on any atom is -0.441 e. The van der Waals surface area contributed by atoms with Crippen LogP contribution in [-0.2, 0) is 9.59 Å². The minimum atomic E-state index is -4.28. The molecule has 0 bridgehead atoms. The monoisotopic (exact) mass is 369 g/mol. The number of carbonyl (C=O) groups is 2. The fourth-order valence-corrected chi connectivity index (χ4v) is 3.17. The van der Waals surface area contributed by atoms with Crippen LogP contribution in [0.1, 0.15) is 31.6 Å². The number of amides is 2. The van der Waals surface area contributed by atoms with Crippen LogP contribution in [0.4, 0.5) is 18.9 Å². The van der Waals surface area contributed by atoms with Crippen LogP contribution in [0.25, 0.3) is 11.1 Å². The topological polar surface area (TPSA) is 84.2 Å². The molecule has 140 valence electrons. The Labute approximate surface area is 147 Å². The quantitative estimate of drug-likeness (QED) is 0.796. The average Bonchev–Trinajstić information content (AvgIpc) is 2.93. The third-order valence-electron chi connectivity index (χ3n) is 4.43. The Morgan fingerprint density at radius 1 is 1.23 bits per heavy atom. The van der Waals surface area contributed by atoms with Crippen LogP contribution in [-0.4, -0.2) is 29.0 Å². The van der Waals surface area contributed by atoms with E-state index in [0.717, 1.165) is 0 Å². The van der Waals surface area contributed by atoms with Gasteiger partial charge in [-0.3, -0.25) is 9.59 Å². The molecule has 6 nitrogen and oxygen atoms in total. The highest BCUT2D eigenvalue weighted by atomic mass is 19.4. The Morgan fingerprint density at radius 2 is 2.00 bits per heavy atom. The maximum atomic E-state index is 12.8. The van der Waals surface area contributed by atoms with Crippen molar-refractivity contribution in [1.29, 1.82) is 0 Å². The van der Waals surface area contributed by atoms with E-state index in [4.69, 9.17) is 4.42 Å². The number of anilines is 1. The first kappa shape index (κ1) is 18.2. The molecule has 1 aromatic heterocycles. The summed E-state index contributed by atoms with van der Waals surface area (Å²) in [6, 6.07) is 4.07. The predicted molar refractivity (Wildman–Crippen MR) is 87.3 cm³/mol. The average molecular weight is 369 g/mol. The van der Waals surface area contributed by atoms with E-state index in [1.54, 1.807) is 19.1 Å². The number of halogens is 3. The van der Waals surface area contributed by atoms with Crippen molar-refractivity contribution >= 4 is 28.6 Å². The van der Waals surface area contributed by atoms with E-state index in [1.165, 1.54) is 6.07 Å². The van der Waals surface area contributed by atoms with Crippen LogP contribution in [0.15, 0.2) is 22.6 Å². The van der Waals surface area contributed by atoms with Gasteiger partial charge in [0.25, 0.3) is 0 Å². The summed E-state index contributed by atoms with van der Waals surface area (Å²) in [5.74, 6) is -2.86. The van der Waals surface area contributed by atoms with Crippen LogP contribution >= 0.6 is 0 Å². The van der Waals surface area contributed by atoms with Gasteiger partial charge in [0.2, 0.25) is 0 Å². The Morgan fingerprint density at radius 3 is 2.73 bits per heavy atom. The van der Waals surface area contributed by atoms with Gasteiger partial charge in [0.05, 0.1) is 5.92 Å². The molecular formula is C17H18F3N3O3. The third kappa shape index (κ3) is 4.14. The lowest BCUT2D eigenvalue weighted by atomic mass is 9.85. The molecule has 1 fully saturated rings. The predicted octanol–water partition coefficient (Wildman–Crippen LogP) is 3.31. The van der Waals surface area contributed by atoms with E-state index in [9.17, 15) is 22.8 Å². The number of benzene rings is 1. The van der Waals surface area contributed by atoms with E-state index >= 15 is 0 Å². The normalized spacial score (nSPS) is 20.8. The zero-order valence-electron chi connectivity index (χ0n) is 14.0. The van der Waals surface area contributed by atoms with Gasteiger partial charge in [-0.15, -0.1) is 0 Å². The molecule has 1 saturated carbocycles. The number of aromatic nitrogens is 1. The zero-order chi connectivity index (χ0) is 18.9. The van der Waals surface area contributed by atoms with Crippen LogP contribution in [0.3, 0.4) is 0 Å². The lowest BCUT2D eigenvalue weighted by molar-refractivity contribution is -0.184. The lowest BCUT2D eigenvalue weighted by Gasteiger charge is -2.30. The van der Waals surface area contributed by atoms with Gasteiger partial charge in [0.1, 0.15) is 5.52 Å². The van der Waals surface area contributed by atoms with Crippen LogP contribution in [0.5, 0.6) is 0 Å². The summed E-state index contributed by atoms with van der Waals surface area (Å²) in [5.41, 5.74) is 1.41. The smallest absolute Gasteiger partial charge is 0.391 e. The Hall–Kier alpha value is -2.58. The van der Waals surface area contributed by atoms with E-state index in [0.29, 0.717) is 35.5 Å². The molecule has 2 amide bonds. The standard InChI is InChI=1S/C17H18F3N3O3/c1-9-21-13-6-5-12(8-14(13)26-9)23-16(25)15(24)22-11-4-2-3-10(7-11)17(18,19)20/h5-6,8,10-11H,2-4,7H2,1H3,(H,22,24)(H,23,25)/t10-,11+/m1/s1. The minimum absolute atomic E-state index is 0.0542. The molecular weight excluding hydrogens is 351 g/mol. The first-order valence-corrected chi connectivity index (χ1v) is 8.28. The molecule has 1 heterocycles. The van der Waals surface area contributed by atoms with Crippen molar-refractivity contribution in [2.24, 2.45) is 5.92 Å². The second-order valence-corrected chi connectivity index (χ2v) is 6.45. The Kier molecular flexibility index (Phi) is 4.88. The van der Waals surface area contributed by atoms with E-state index in [1.807, 2.05) is 0 Å². The summed E-state index contributed by atoms with van der Waals surface area (Å²) in [5, 5.41) is 4.81. The van der Waals surface area contributed by atoms with Gasteiger partial charge in [-0.25, -0.2) is 4.98 Å². The molecule has 2 atom stereocenters. The molecule has 9 heteroatoms. The molecule has 1 aliphatic carbocycles. The maximum absolute atomic E-state index is 12.8. The van der Waals surface area contributed by atoms with Gasteiger partial charge in [-0.05, 0) is 31.4 Å². The van der Waals surface area contributed by atoms with Crippen LogP contribution in [0, 0.1) is 12.8 Å². The van der Waals surface area contributed by atoms with Crippen molar-refractivity contribution in [1.82, 2.24) is 10.3 Å². The van der Waals surface area contributed by atoms with Crippen molar-refractivity contribution < 1.29 is 27.2 Å². The van der Waals surface area contributed by atoms with Crippen molar-refractivity contribution in [3.8, 4) is 0 Å². The zero-order valence-corrected chi connectivity index (χ0v) is 14.0. The molecule has 0 radical (unpaired) electrons. The van der Waals surface area contributed by atoms with Crippen molar-refractivity contribution in [2.45, 2.75) is 44.8 Å². The number of nitrogens with zero attached hydrogens (tertiary/aromatic N) is 1. The second kappa shape index (κ2) is 6.97. The number of aryl methyl sites for hydroxylation is 1. The number of carbonyl (C=O) groups excluding carboxylic acids is 2. The molecule has 1 aromatic carbocycles. The summed E-state index contributed by atoms with van der Waals surface area (Å²) in [4.78, 5) is 28.1. The number of hydrogen-bond acceptors (Lipinski definition) is 4. The van der Waals surface area contributed by atoms with Crippen LogP contribution in [0.2, 0.25) is 0 Å². The Bertz CT molecular complexity index is 832. The highest BCUT2D eigenvalue weighted by molar-refractivity contribution is 6.39. The largest absolute Gasteiger partial charge is 0.441 e. The molecule has 26 heavy (non-hydrogen) atoms. The summed E-state index contributed by atoms with van der Waals surface area (Å²) in [6.45, 7) is 1.68. The second-order valence-electron chi connectivity index (χ2n) is 6.45. The number of nitrogens with one attached hydrogen (secondary N) is 2. The molecule has 1 aliphatic rings. The molecule has 2 N–H and O–H groups in total. The fourth-order valence-electron chi connectivity index (χ4n) is 3.17. The highest BCUT2D eigenvalue weighted by Gasteiger charge is 2.42. The highest BCUT2D eigenvalue weighted by Crippen LogP contribution is 2.37. The van der Waals surface area contributed by atoms with Crippen molar-refractivity contribution in [3.05, 3.63) is 24.1 Å². The molecule has 0 saturated heterocycles. The van der Waals surface area contributed by atoms with Gasteiger partial charge in [0.15, 0.2) is 11.5 Å². The van der Waals surface area contributed by atoms with Gasteiger partial charge in [-0.1, -0.05) is 6.42 Å².